The van der Waals surface area contributed by atoms with E-state index in [0.29, 0.717) is 18.3 Å². The number of aromatic hydroxyl groups is 1. The molecule has 4 rings (SSSR count). The number of fused-ring (bicyclic) bond motifs is 1. The highest BCUT2D eigenvalue weighted by atomic mass is 16.7. The largest absolute Gasteiger partial charge is 0.507 e. The fourth-order valence-corrected chi connectivity index (χ4v) is 4.04. The molecule has 0 radical (unpaired) electrons. The molecule has 0 bridgehead atoms. The summed E-state index contributed by atoms with van der Waals surface area (Å²) in [7, 11) is 0. The average Bonchev–Trinajstić information content (AvgIpc) is 3.19. The molecule has 1 heterocycles. The molecule has 0 amide bonds. The van der Waals surface area contributed by atoms with E-state index in [1.165, 1.54) is 6.07 Å². The van der Waals surface area contributed by atoms with E-state index in [2.05, 4.69) is 13.8 Å². The average molecular weight is 396 g/mol. The molecule has 1 fully saturated rings. The Kier molecular flexibility index (Phi) is 5.50. The van der Waals surface area contributed by atoms with Crippen molar-refractivity contribution in [2.24, 2.45) is 5.92 Å². The lowest BCUT2D eigenvalue weighted by molar-refractivity contribution is -0.219. The van der Waals surface area contributed by atoms with Gasteiger partial charge in [-0.3, -0.25) is 4.79 Å². The Labute approximate surface area is 171 Å². The zero-order valence-corrected chi connectivity index (χ0v) is 17.0. The van der Waals surface area contributed by atoms with Crippen LogP contribution in [0.25, 0.3) is 0 Å². The van der Waals surface area contributed by atoms with E-state index < -0.39 is 5.79 Å². The number of phenols is 1. The van der Waals surface area contributed by atoms with Crippen molar-refractivity contribution in [3.8, 4) is 17.2 Å². The molecule has 5 heteroatoms. The number of carbonyl (C=O) groups excluding carboxylic acids is 1. The molecule has 1 atom stereocenters. The van der Waals surface area contributed by atoms with Crippen molar-refractivity contribution in [3.63, 3.8) is 0 Å². The van der Waals surface area contributed by atoms with Crippen LogP contribution in [0.4, 0.5) is 0 Å². The number of ketones is 1. The predicted molar refractivity (Wildman–Crippen MR) is 109 cm³/mol. The highest BCUT2D eigenvalue weighted by Crippen LogP contribution is 2.45. The third-order valence-corrected chi connectivity index (χ3v) is 5.49. The molecule has 0 spiro atoms. The lowest BCUT2D eigenvalue weighted by atomic mass is 9.92. The molecular formula is C24H28O5. The zero-order valence-electron chi connectivity index (χ0n) is 17.0. The number of hydrogen-bond donors (Lipinski definition) is 1. The standard InChI is InChI=1S/C24H28O5/c1-16(2)15-27-18-12-10-17(11-13-18)24(28-19-6-3-4-7-19)14-21(26)23-20(25)8-5-9-22(23)29-24/h5,8-13,16,19,25H,3-4,6-7,14-15H2,1-2H3. The van der Waals surface area contributed by atoms with Crippen molar-refractivity contribution in [1.82, 2.24) is 0 Å². The monoisotopic (exact) mass is 396 g/mol. The van der Waals surface area contributed by atoms with E-state index >= 15 is 0 Å². The topological polar surface area (TPSA) is 65.0 Å². The summed E-state index contributed by atoms with van der Waals surface area (Å²) in [5.41, 5.74) is 1.01. The van der Waals surface area contributed by atoms with Gasteiger partial charge in [-0.05, 0) is 55.2 Å². The Morgan fingerprint density at radius 3 is 2.55 bits per heavy atom. The minimum Gasteiger partial charge on any atom is -0.507 e. The summed E-state index contributed by atoms with van der Waals surface area (Å²) >= 11 is 0. The van der Waals surface area contributed by atoms with Crippen LogP contribution < -0.4 is 9.47 Å². The fraction of sp³-hybridized carbons (Fsp3) is 0.458. The molecule has 29 heavy (non-hydrogen) atoms. The van der Waals surface area contributed by atoms with Crippen LogP contribution in [0, 0.1) is 5.92 Å². The molecule has 1 unspecified atom stereocenters. The van der Waals surface area contributed by atoms with Crippen LogP contribution in [0.1, 0.15) is 61.9 Å². The summed E-state index contributed by atoms with van der Waals surface area (Å²) in [6.07, 6.45) is 4.24. The van der Waals surface area contributed by atoms with Gasteiger partial charge in [-0.2, -0.15) is 0 Å². The first-order valence-corrected chi connectivity index (χ1v) is 10.4. The smallest absolute Gasteiger partial charge is 0.244 e. The minimum atomic E-state index is -1.19. The first kappa shape index (κ1) is 19.8. The number of phenolic OH excluding ortho intramolecular Hbond substituents is 1. The summed E-state index contributed by atoms with van der Waals surface area (Å²) in [6, 6.07) is 12.5. The van der Waals surface area contributed by atoms with Gasteiger partial charge >= 0.3 is 0 Å². The highest BCUT2D eigenvalue weighted by molar-refractivity contribution is 6.02. The molecule has 154 valence electrons. The van der Waals surface area contributed by atoms with Gasteiger partial charge in [0.25, 0.3) is 0 Å². The number of ether oxygens (including phenoxy) is 3. The molecular weight excluding hydrogens is 368 g/mol. The van der Waals surface area contributed by atoms with Crippen LogP contribution in [0.15, 0.2) is 42.5 Å². The molecule has 1 saturated carbocycles. The number of benzene rings is 2. The van der Waals surface area contributed by atoms with Gasteiger partial charge in [0.2, 0.25) is 5.79 Å². The molecule has 1 aliphatic carbocycles. The van der Waals surface area contributed by atoms with Crippen LogP contribution in [0.5, 0.6) is 17.2 Å². The van der Waals surface area contributed by atoms with E-state index in [1.807, 2.05) is 24.3 Å². The molecule has 5 nitrogen and oxygen atoms in total. The molecule has 1 aliphatic heterocycles. The Hall–Kier alpha value is -2.53. The Bertz CT molecular complexity index is 867. The van der Waals surface area contributed by atoms with E-state index in [1.54, 1.807) is 12.1 Å². The molecule has 2 aromatic rings. The van der Waals surface area contributed by atoms with Gasteiger partial charge in [-0.1, -0.05) is 32.8 Å². The summed E-state index contributed by atoms with van der Waals surface area (Å²) in [6.45, 7) is 4.85. The van der Waals surface area contributed by atoms with Crippen LogP contribution in [-0.4, -0.2) is 23.6 Å². The number of Topliss-reactive ketones (excluding diaryl/α,β-unsaturated/α-hetero) is 1. The SMILES string of the molecule is CC(C)COc1ccc(C2(OC3CCCC3)CC(=O)c3c(O)cccc3O2)cc1. The van der Waals surface area contributed by atoms with Gasteiger partial charge in [0.1, 0.15) is 22.8 Å². The van der Waals surface area contributed by atoms with Crippen molar-refractivity contribution in [2.45, 2.75) is 57.8 Å². The normalized spacial score (nSPS) is 21.8. The van der Waals surface area contributed by atoms with E-state index in [9.17, 15) is 9.90 Å². The molecule has 1 N–H and O–H groups in total. The summed E-state index contributed by atoms with van der Waals surface area (Å²) in [5, 5.41) is 10.1. The summed E-state index contributed by atoms with van der Waals surface area (Å²) in [4.78, 5) is 13.0. The van der Waals surface area contributed by atoms with Gasteiger partial charge < -0.3 is 19.3 Å². The molecule has 0 saturated heterocycles. The Morgan fingerprint density at radius 1 is 1.14 bits per heavy atom. The Balaban J connectivity index is 1.67. The van der Waals surface area contributed by atoms with E-state index in [4.69, 9.17) is 14.2 Å². The fourth-order valence-electron chi connectivity index (χ4n) is 4.04. The second-order valence-corrected chi connectivity index (χ2v) is 8.36. The second-order valence-electron chi connectivity index (χ2n) is 8.36. The van der Waals surface area contributed by atoms with E-state index in [0.717, 1.165) is 37.0 Å². The lowest BCUT2D eigenvalue weighted by Gasteiger charge is -2.39. The third kappa shape index (κ3) is 4.10. The molecule has 2 aliphatic rings. The van der Waals surface area contributed by atoms with Crippen molar-refractivity contribution in [2.75, 3.05) is 6.61 Å². The van der Waals surface area contributed by atoms with Crippen LogP contribution >= 0.6 is 0 Å². The van der Waals surface area contributed by atoms with Crippen LogP contribution in [0.3, 0.4) is 0 Å². The van der Waals surface area contributed by atoms with Crippen molar-refractivity contribution in [1.29, 1.82) is 0 Å². The maximum Gasteiger partial charge on any atom is 0.244 e. The predicted octanol–water partition coefficient (Wildman–Crippen LogP) is 5.20. The summed E-state index contributed by atoms with van der Waals surface area (Å²) < 4.78 is 18.6. The zero-order chi connectivity index (χ0) is 20.4. The van der Waals surface area contributed by atoms with E-state index in [-0.39, 0.29) is 29.6 Å². The maximum atomic E-state index is 13.0. The number of hydrogen-bond acceptors (Lipinski definition) is 5. The first-order valence-electron chi connectivity index (χ1n) is 10.4. The second kappa shape index (κ2) is 8.07. The van der Waals surface area contributed by atoms with Gasteiger partial charge in [0.15, 0.2) is 5.78 Å². The van der Waals surface area contributed by atoms with Crippen molar-refractivity contribution < 1.29 is 24.1 Å². The third-order valence-electron chi connectivity index (χ3n) is 5.49. The maximum absolute atomic E-state index is 13.0. The molecule has 0 aromatic heterocycles. The van der Waals surface area contributed by atoms with Gasteiger partial charge in [-0.15, -0.1) is 0 Å². The molecule has 2 aromatic carbocycles. The van der Waals surface area contributed by atoms with Crippen LogP contribution in [-0.2, 0) is 10.5 Å². The first-order chi connectivity index (χ1) is 14.0. The van der Waals surface area contributed by atoms with Crippen molar-refractivity contribution >= 4 is 5.78 Å². The number of carbonyl (C=O) groups is 1. The minimum absolute atomic E-state index is 0.0280. The van der Waals surface area contributed by atoms with Crippen LogP contribution in [0.2, 0.25) is 0 Å². The quantitative estimate of drug-likeness (QED) is 0.727. The van der Waals surface area contributed by atoms with Crippen molar-refractivity contribution in [3.05, 3.63) is 53.6 Å². The summed E-state index contributed by atoms with van der Waals surface area (Å²) in [5.74, 6) is 0.152. The van der Waals surface area contributed by atoms with Gasteiger partial charge in [-0.25, -0.2) is 0 Å². The Morgan fingerprint density at radius 2 is 1.86 bits per heavy atom. The lowest BCUT2D eigenvalue weighted by Crippen LogP contribution is -2.44. The van der Waals surface area contributed by atoms with Gasteiger partial charge in [0, 0.05) is 5.56 Å². The number of rotatable bonds is 6. The van der Waals surface area contributed by atoms with Gasteiger partial charge in [0.05, 0.1) is 19.1 Å². The highest BCUT2D eigenvalue weighted by Gasteiger charge is 2.46.